The molecular weight excluding hydrogens is 433 g/mol. The average molecular weight is 457 g/mol. The van der Waals surface area contributed by atoms with Gasteiger partial charge in [0.1, 0.15) is 11.6 Å². The van der Waals surface area contributed by atoms with E-state index in [1.165, 1.54) is 35.9 Å². The molecule has 11 heteroatoms. The van der Waals surface area contributed by atoms with Gasteiger partial charge >= 0.3 is 11.8 Å². The van der Waals surface area contributed by atoms with Crippen LogP contribution in [-0.2, 0) is 28.2 Å². The first-order valence-corrected chi connectivity index (χ1v) is 10.7. The van der Waals surface area contributed by atoms with Crippen LogP contribution in [0.5, 0.6) is 5.75 Å². The van der Waals surface area contributed by atoms with Crippen molar-refractivity contribution in [2.24, 2.45) is 5.92 Å². The Morgan fingerprint density at radius 2 is 1.94 bits per heavy atom. The minimum atomic E-state index is -1.11. The molecule has 0 saturated heterocycles. The molecule has 3 amide bonds. The molecule has 4 rings (SSSR count). The van der Waals surface area contributed by atoms with Gasteiger partial charge in [0.25, 0.3) is 11.5 Å². The molecule has 2 bridgehead atoms. The molecule has 1 fully saturated rings. The highest BCUT2D eigenvalue weighted by molar-refractivity contribution is 6.35. The third-order valence-electron chi connectivity index (χ3n) is 6.32. The van der Waals surface area contributed by atoms with Crippen LogP contribution in [0, 0.1) is 11.7 Å². The molecule has 4 N–H and O–H groups in total. The van der Waals surface area contributed by atoms with E-state index in [0.29, 0.717) is 24.8 Å². The summed E-state index contributed by atoms with van der Waals surface area (Å²) in [5, 5.41) is 18.0. The summed E-state index contributed by atoms with van der Waals surface area (Å²) in [5.41, 5.74) is -1.74. The molecule has 1 aromatic carbocycles. The molecule has 2 unspecified atom stereocenters. The van der Waals surface area contributed by atoms with Crippen molar-refractivity contribution in [2.45, 2.75) is 44.3 Å². The number of hydrogen-bond donors (Lipinski definition) is 4. The number of carbonyl (C=O) groups is 3. The third kappa shape index (κ3) is 4.18. The number of benzene rings is 1. The maximum atomic E-state index is 13.1. The number of amides is 3. The van der Waals surface area contributed by atoms with E-state index < -0.39 is 46.1 Å². The Balaban J connectivity index is 1.70. The topological polar surface area (TPSA) is 142 Å². The van der Waals surface area contributed by atoms with Crippen LogP contribution in [0.4, 0.5) is 4.39 Å². The summed E-state index contributed by atoms with van der Waals surface area (Å²) in [4.78, 5) is 54.4. The normalized spacial score (nSPS) is 21.0. The molecule has 33 heavy (non-hydrogen) atoms. The van der Waals surface area contributed by atoms with E-state index in [1.807, 2.05) is 0 Å². The number of rotatable bonds is 4. The summed E-state index contributed by atoms with van der Waals surface area (Å²) in [6.07, 6.45) is 2.30. The molecule has 2 atom stereocenters. The molecular formula is C22H24FN5O5. The molecule has 0 spiro atoms. The fourth-order valence-corrected chi connectivity index (χ4v) is 4.61. The highest BCUT2D eigenvalue weighted by Gasteiger charge is 2.48. The number of likely N-dealkylation sites (N-methyl/N-ethyl adjacent to an activating group) is 1. The Kier molecular flexibility index (Phi) is 5.88. The number of aromatic hydroxyl groups is 1. The summed E-state index contributed by atoms with van der Waals surface area (Å²) < 4.78 is 14.4. The van der Waals surface area contributed by atoms with Gasteiger partial charge in [0, 0.05) is 20.1 Å². The van der Waals surface area contributed by atoms with Crippen LogP contribution in [0.25, 0.3) is 0 Å². The smallest absolute Gasteiger partial charge is 0.310 e. The highest BCUT2D eigenvalue weighted by atomic mass is 19.1. The molecule has 2 heterocycles. The van der Waals surface area contributed by atoms with Gasteiger partial charge in [0.05, 0.1) is 5.54 Å². The number of nitrogens with zero attached hydrogens (tertiary/aromatic N) is 2. The van der Waals surface area contributed by atoms with Gasteiger partial charge in [-0.2, -0.15) is 0 Å². The Bertz CT molecular complexity index is 1180. The first kappa shape index (κ1) is 22.4. The number of hydrogen-bond acceptors (Lipinski definition) is 6. The van der Waals surface area contributed by atoms with Crippen LogP contribution in [-0.4, -0.2) is 39.4 Å². The number of nitrogens with one attached hydrogen (secondary N) is 3. The van der Waals surface area contributed by atoms with Gasteiger partial charge in [-0.3, -0.25) is 23.7 Å². The minimum absolute atomic E-state index is 0.0271. The van der Waals surface area contributed by atoms with E-state index in [1.54, 1.807) is 0 Å². The lowest BCUT2D eigenvalue weighted by molar-refractivity contribution is -0.140. The maximum Gasteiger partial charge on any atom is 0.310 e. The van der Waals surface area contributed by atoms with Crippen molar-refractivity contribution in [1.82, 2.24) is 25.5 Å². The van der Waals surface area contributed by atoms with E-state index in [0.717, 1.165) is 6.42 Å². The zero-order valence-electron chi connectivity index (χ0n) is 18.0. The van der Waals surface area contributed by atoms with Gasteiger partial charge in [-0.25, -0.2) is 9.37 Å². The van der Waals surface area contributed by atoms with E-state index >= 15 is 0 Å². The third-order valence-corrected chi connectivity index (χ3v) is 6.32. The first-order chi connectivity index (χ1) is 15.7. The van der Waals surface area contributed by atoms with Crippen molar-refractivity contribution in [2.75, 3.05) is 7.05 Å². The quantitative estimate of drug-likeness (QED) is 0.486. The van der Waals surface area contributed by atoms with Crippen molar-refractivity contribution in [3.8, 4) is 5.75 Å². The average Bonchev–Trinajstić information content (AvgIpc) is 3.14. The number of carbonyl (C=O) groups excluding carboxylic acids is 3. The van der Waals surface area contributed by atoms with Gasteiger partial charge < -0.3 is 21.1 Å². The second kappa shape index (κ2) is 8.64. The van der Waals surface area contributed by atoms with Crippen LogP contribution >= 0.6 is 0 Å². The Morgan fingerprint density at radius 3 is 2.64 bits per heavy atom. The molecule has 2 aliphatic rings. The van der Waals surface area contributed by atoms with E-state index in [2.05, 4.69) is 20.9 Å². The summed E-state index contributed by atoms with van der Waals surface area (Å²) in [5.74, 6) is -3.35. The van der Waals surface area contributed by atoms with E-state index in [-0.39, 0.29) is 24.8 Å². The Hall–Kier alpha value is -3.76. The summed E-state index contributed by atoms with van der Waals surface area (Å²) in [6.45, 7) is 0.299. The number of fused-ring (bicyclic) bond motifs is 4. The van der Waals surface area contributed by atoms with Crippen molar-refractivity contribution in [1.29, 1.82) is 0 Å². The molecule has 0 radical (unpaired) electrons. The fourth-order valence-electron chi connectivity index (χ4n) is 4.61. The van der Waals surface area contributed by atoms with Crippen LogP contribution in [0.1, 0.15) is 47.6 Å². The fraction of sp³-hybridized carbons (Fsp3) is 0.409. The first-order valence-electron chi connectivity index (χ1n) is 10.7. The predicted octanol–water partition coefficient (Wildman–Crippen LogP) is 0.279. The van der Waals surface area contributed by atoms with Gasteiger partial charge in [-0.15, -0.1) is 0 Å². The number of aromatic nitrogens is 2. The lowest BCUT2D eigenvalue weighted by Gasteiger charge is -2.31. The molecule has 1 aliphatic heterocycles. The predicted molar refractivity (Wildman–Crippen MR) is 114 cm³/mol. The van der Waals surface area contributed by atoms with Crippen LogP contribution < -0.4 is 21.5 Å². The second-order valence-electron chi connectivity index (χ2n) is 8.41. The van der Waals surface area contributed by atoms with Crippen LogP contribution in [0.2, 0.25) is 0 Å². The zero-order chi connectivity index (χ0) is 23.8. The van der Waals surface area contributed by atoms with Crippen LogP contribution in [0.15, 0.2) is 29.1 Å². The molecule has 1 aliphatic carbocycles. The molecule has 1 saturated carbocycles. The van der Waals surface area contributed by atoms with Gasteiger partial charge in [-0.05, 0) is 49.3 Å². The Morgan fingerprint density at radius 1 is 1.21 bits per heavy atom. The standard InChI is InChI=1S/C22H24FN5O5/c1-24-18(31)19(32)27-22-8-6-12(10-22)7-9-28-20(33)16(29)15(26-21(22)28)17(30)25-11-13-2-4-14(23)5-3-13/h2-5,12,29H,6-11H2,1H3,(H,24,31)(H,25,30)(H,27,32). The van der Waals surface area contributed by atoms with Crippen molar-refractivity contribution >= 4 is 17.7 Å². The van der Waals surface area contributed by atoms with Gasteiger partial charge in [0.15, 0.2) is 5.69 Å². The van der Waals surface area contributed by atoms with Crippen molar-refractivity contribution in [3.63, 3.8) is 0 Å². The lowest BCUT2D eigenvalue weighted by atomic mass is 9.94. The number of halogens is 1. The SMILES string of the molecule is CNC(=O)C(=O)NC12CCC(CCn3c1nc(C(=O)NCc1ccc(F)cc1)c(O)c3=O)C2. The molecule has 2 aromatic rings. The minimum Gasteiger partial charge on any atom is -0.501 e. The molecule has 10 nitrogen and oxygen atoms in total. The van der Waals surface area contributed by atoms with Crippen LogP contribution in [0.3, 0.4) is 0 Å². The second-order valence-corrected chi connectivity index (χ2v) is 8.41. The van der Waals surface area contributed by atoms with Crippen molar-refractivity contribution < 1.29 is 23.9 Å². The summed E-state index contributed by atoms with van der Waals surface area (Å²) in [6, 6.07) is 5.50. The summed E-state index contributed by atoms with van der Waals surface area (Å²) in [7, 11) is 1.34. The molecule has 174 valence electrons. The van der Waals surface area contributed by atoms with E-state index in [4.69, 9.17) is 0 Å². The Labute approximate surface area is 188 Å². The van der Waals surface area contributed by atoms with Gasteiger partial charge in [-0.1, -0.05) is 12.1 Å². The largest absolute Gasteiger partial charge is 0.501 e. The lowest BCUT2D eigenvalue weighted by Crippen LogP contribution is -2.52. The zero-order valence-corrected chi connectivity index (χ0v) is 18.0. The highest BCUT2D eigenvalue weighted by Crippen LogP contribution is 2.45. The van der Waals surface area contributed by atoms with Gasteiger partial charge in [0.2, 0.25) is 5.75 Å². The monoisotopic (exact) mass is 457 g/mol. The molecule has 1 aromatic heterocycles. The summed E-state index contributed by atoms with van der Waals surface area (Å²) >= 11 is 0. The maximum absolute atomic E-state index is 13.1. The van der Waals surface area contributed by atoms with Crippen molar-refractivity contribution in [3.05, 3.63) is 57.5 Å². The van der Waals surface area contributed by atoms with E-state index in [9.17, 15) is 28.7 Å².